The van der Waals surface area contributed by atoms with Crippen molar-refractivity contribution < 1.29 is 9.59 Å². The van der Waals surface area contributed by atoms with Gasteiger partial charge in [-0.25, -0.2) is 4.98 Å². The molecule has 4 nitrogen and oxygen atoms in total. The van der Waals surface area contributed by atoms with Crippen LogP contribution in [-0.4, -0.2) is 25.7 Å². The molecule has 1 aromatic carbocycles. The Morgan fingerprint density at radius 3 is 2.69 bits per heavy atom. The van der Waals surface area contributed by atoms with Gasteiger partial charge < -0.3 is 0 Å². The van der Waals surface area contributed by atoms with E-state index >= 15 is 0 Å². The van der Waals surface area contributed by atoms with Crippen LogP contribution in [0.15, 0.2) is 24.3 Å². The Balaban J connectivity index is 2.79. The van der Waals surface area contributed by atoms with Gasteiger partial charge >= 0.3 is 0 Å². The lowest BCUT2D eigenvalue weighted by Crippen LogP contribution is -2.17. The van der Waals surface area contributed by atoms with Gasteiger partial charge in [-0.2, -0.15) is 0 Å². The van der Waals surface area contributed by atoms with Crippen LogP contribution in [0.3, 0.4) is 0 Å². The van der Waals surface area contributed by atoms with E-state index in [2.05, 4.69) is 4.98 Å². The van der Waals surface area contributed by atoms with Gasteiger partial charge in [0.1, 0.15) is 0 Å². The van der Waals surface area contributed by atoms with Crippen molar-refractivity contribution in [1.29, 1.82) is 0 Å². The second-order valence-electron chi connectivity index (χ2n) is 3.34. The number of Topliss-reactive ketones (excluding diaryl/α,β-unsaturated/α-hetero) is 1. The molecule has 0 radical (unpaired) electrons. The van der Waals surface area contributed by atoms with Gasteiger partial charge in [0.25, 0.3) is 0 Å². The topological polar surface area (TPSA) is 52.0 Å². The Morgan fingerprint density at radius 2 is 2.06 bits per heavy atom. The molecule has 0 saturated heterocycles. The molecule has 0 N–H and O–H groups in total. The number of hydrogen-bond acceptors (Lipinski definition) is 3. The fourth-order valence-corrected chi connectivity index (χ4v) is 1.92. The minimum atomic E-state index is -0.200. The van der Waals surface area contributed by atoms with Crippen molar-refractivity contribution in [2.75, 3.05) is 4.43 Å². The summed E-state index contributed by atoms with van der Waals surface area (Å²) in [6.45, 7) is 1.41. The molecule has 0 fully saturated rings. The van der Waals surface area contributed by atoms with Crippen molar-refractivity contribution in [3.8, 4) is 0 Å². The summed E-state index contributed by atoms with van der Waals surface area (Å²) in [5.41, 5.74) is 1.36. The summed E-state index contributed by atoms with van der Waals surface area (Å²) < 4.78 is 1.71. The molecule has 1 heterocycles. The van der Waals surface area contributed by atoms with Gasteiger partial charge in [-0.05, 0) is 12.1 Å². The van der Waals surface area contributed by atoms with E-state index < -0.39 is 0 Å². The summed E-state index contributed by atoms with van der Waals surface area (Å²) in [6.07, 6.45) is 0. The monoisotopic (exact) mass is 328 g/mol. The second kappa shape index (κ2) is 4.32. The summed E-state index contributed by atoms with van der Waals surface area (Å²) in [5.74, 6) is -0.114. The third-order valence-corrected chi connectivity index (χ3v) is 2.89. The molecule has 2 rings (SSSR count). The van der Waals surface area contributed by atoms with Crippen LogP contribution in [0.4, 0.5) is 0 Å². The summed E-state index contributed by atoms with van der Waals surface area (Å²) in [5, 5.41) is 0. The van der Waals surface area contributed by atoms with E-state index in [4.69, 9.17) is 0 Å². The van der Waals surface area contributed by atoms with Crippen molar-refractivity contribution in [2.45, 2.75) is 6.92 Å². The molecule has 2 aromatic rings. The third-order valence-electron chi connectivity index (χ3n) is 2.24. The number of carbonyl (C=O) groups excluding carboxylic acids is 2. The van der Waals surface area contributed by atoms with Crippen LogP contribution in [0.2, 0.25) is 0 Å². The number of alkyl halides is 1. The van der Waals surface area contributed by atoms with Crippen molar-refractivity contribution in [3.63, 3.8) is 0 Å². The zero-order chi connectivity index (χ0) is 11.7. The van der Waals surface area contributed by atoms with E-state index in [1.807, 2.05) is 34.7 Å². The quantitative estimate of drug-likeness (QED) is 0.483. The van der Waals surface area contributed by atoms with Crippen LogP contribution in [-0.2, 0) is 0 Å². The Bertz CT molecular complexity index is 574. The van der Waals surface area contributed by atoms with Crippen LogP contribution in [0, 0.1) is 0 Å². The molecule has 0 aliphatic heterocycles. The van der Waals surface area contributed by atoms with E-state index in [1.165, 1.54) is 11.5 Å². The lowest BCUT2D eigenvalue weighted by molar-refractivity contribution is 0.0917. The molecule has 5 heteroatoms. The Labute approximate surface area is 106 Å². The molecular weight excluding hydrogens is 319 g/mol. The molecular formula is C11H9IN2O2. The van der Waals surface area contributed by atoms with E-state index in [9.17, 15) is 9.59 Å². The molecule has 0 spiro atoms. The van der Waals surface area contributed by atoms with Crippen molar-refractivity contribution >= 4 is 45.3 Å². The molecule has 82 valence electrons. The van der Waals surface area contributed by atoms with Crippen LogP contribution >= 0.6 is 22.6 Å². The number of fused-ring (bicyclic) bond motifs is 1. The summed E-state index contributed by atoms with van der Waals surface area (Å²) >= 11 is 1.98. The molecule has 0 aliphatic rings. The first-order valence-corrected chi connectivity index (χ1v) is 6.25. The summed E-state index contributed by atoms with van der Waals surface area (Å²) in [7, 11) is 0. The van der Waals surface area contributed by atoms with Gasteiger partial charge in [0.15, 0.2) is 11.6 Å². The number of rotatable bonds is 2. The van der Waals surface area contributed by atoms with Gasteiger partial charge in [0.2, 0.25) is 5.91 Å². The molecule has 16 heavy (non-hydrogen) atoms. The van der Waals surface area contributed by atoms with E-state index in [1.54, 1.807) is 12.1 Å². The minimum Gasteiger partial charge on any atom is -0.291 e. The van der Waals surface area contributed by atoms with Crippen LogP contribution in [0.25, 0.3) is 11.0 Å². The molecule has 0 amide bonds. The first kappa shape index (κ1) is 11.3. The predicted octanol–water partition coefficient (Wildman–Crippen LogP) is 2.31. The van der Waals surface area contributed by atoms with Crippen molar-refractivity contribution in [2.24, 2.45) is 0 Å². The molecule has 0 aliphatic carbocycles. The molecule has 0 saturated carbocycles. The first-order chi connectivity index (χ1) is 7.65. The SMILES string of the molecule is CC(=O)c1nc2ccccc2n1C(=O)CI. The zero-order valence-electron chi connectivity index (χ0n) is 8.61. The number of hydrogen-bond donors (Lipinski definition) is 0. The number of benzene rings is 1. The van der Waals surface area contributed by atoms with Crippen LogP contribution in [0.5, 0.6) is 0 Å². The highest BCUT2D eigenvalue weighted by molar-refractivity contribution is 14.1. The predicted molar refractivity (Wildman–Crippen MR) is 69.3 cm³/mol. The lowest BCUT2D eigenvalue weighted by atomic mass is 10.3. The second-order valence-corrected chi connectivity index (χ2v) is 4.11. The maximum absolute atomic E-state index is 11.8. The molecule has 0 bridgehead atoms. The minimum absolute atomic E-state index is 0.125. The third kappa shape index (κ3) is 1.75. The van der Waals surface area contributed by atoms with Crippen molar-refractivity contribution in [3.05, 3.63) is 30.1 Å². The number of halogens is 1. The van der Waals surface area contributed by atoms with Crippen molar-refractivity contribution in [1.82, 2.24) is 9.55 Å². The highest BCUT2D eigenvalue weighted by atomic mass is 127. The maximum Gasteiger partial charge on any atom is 0.242 e. The lowest BCUT2D eigenvalue weighted by Gasteiger charge is -2.02. The maximum atomic E-state index is 11.8. The van der Waals surface area contributed by atoms with Gasteiger partial charge in [0.05, 0.1) is 15.5 Å². The van der Waals surface area contributed by atoms with E-state index in [0.29, 0.717) is 15.5 Å². The van der Waals surface area contributed by atoms with Gasteiger partial charge in [0, 0.05) is 6.92 Å². The van der Waals surface area contributed by atoms with E-state index in [-0.39, 0.29) is 17.5 Å². The summed E-state index contributed by atoms with van der Waals surface area (Å²) in [6, 6.07) is 7.24. The largest absolute Gasteiger partial charge is 0.291 e. The number of nitrogens with zero attached hydrogens (tertiary/aromatic N) is 2. The summed E-state index contributed by atoms with van der Waals surface area (Å²) in [4.78, 5) is 27.4. The number of para-hydroxylation sites is 2. The first-order valence-electron chi connectivity index (χ1n) is 4.72. The van der Waals surface area contributed by atoms with Gasteiger partial charge in [-0.3, -0.25) is 14.2 Å². The number of aromatic nitrogens is 2. The highest BCUT2D eigenvalue weighted by Gasteiger charge is 2.18. The normalized spacial score (nSPS) is 10.6. The number of imidazole rings is 1. The fraction of sp³-hybridized carbons (Fsp3) is 0.182. The molecule has 0 atom stereocenters. The Morgan fingerprint density at radius 1 is 1.38 bits per heavy atom. The molecule has 0 unspecified atom stereocenters. The molecule has 1 aromatic heterocycles. The average molecular weight is 328 g/mol. The fourth-order valence-electron chi connectivity index (χ4n) is 1.57. The average Bonchev–Trinajstić information content (AvgIpc) is 2.67. The zero-order valence-corrected chi connectivity index (χ0v) is 10.8. The van der Waals surface area contributed by atoms with Gasteiger partial charge in [-0.1, -0.05) is 34.7 Å². The van der Waals surface area contributed by atoms with Crippen LogP contribution in [0.1, 0.15) is 22.3 Å². The standard InChI is InChI=1S/C11H9IN2O2/c1-7(15)11-13-8-4-2-3-5-9(8)14(11)10(16)6-12/h2-5H,6H2,1H3. The smallest absolute Gasteiger partial charge is 0.242 e. The Hall–Kier alpha value is -1.24. The van der Waals surface area contributed by atoms with Crippen LogP contribution < -0.4 is 0 Å². The number of ketones is 1. The Kier molecular flexibility index (Phi) is 3.04. The van der Waals surface area contributed by atoms with E-state index in [0.717, 1.165) is 0 Å². The number of carbonyl (C=O) groups is 2. The van der Waals surface area contributed by atoms with Gasteiger partial charge in [-0.15, -0.1) is 0 Å². The highest BCUT2D eigenvalue weighted by Crippen LogP contribution is 2.16.